The summed E-state index contributed by atoms with van der Waals surface area (Å²) in [5.41, 5.74) is 1.69. The van der Waals surface area contributed by atoms with Crippen molar-refractivity contribution in [3.05, 3.63) is 29.5 Å². The fourth-order valence-corrected chi connectivity index (χ4v) is 3.33. The Morgan fingerprint density at radius 1 is 1.23 bits per heavy atom. The van der Waals surface area contributed by atoms with Gasteiger partial charge in [-0.2, -0.15) is 10.1 Å². The van der Waals surface area contributed by atoms with Gasteiger partial charge in [-0.25, -0.2) is 9.37 Å². The van der Waals surface area contributed by atoms with Crippen LogP contribution in [0.25, 0.3) is 0 Å². The Labute approximate surface area is 151 Å². The van der Waals surface area contributed by atoms with Crippen LogP contribution in [-0.2, 0) is 17.8 Å². The zero-order chi connectivity index (χ0) is 18.1. The molecule has 1 unspecified atom stereocenters. The fraction of sp³-hybridized carbons (Fsp3) is 0.588. The van der Waals surface area contributed by atoms with Crippen molar-refractivity contribution >= 4 is 11.8 Å². The smallest absolute Gasteiger partial charge is 0.227 e. The van der Waals surface area contributed by atoms with Gasteiger partial charge in [0.15, 0.2) is 11.6 Å². The minimum atomic E-state index is -0.545. The van der Waals surface area contributed by atoms with Crippen molar-refractivity contribution in [3.8, 4) is 0 Å². The highest BCUT2D eigenvalue weighted by Gasteiger charge is 2.24. The lowest BCUT2D eigenvalue weighted by atomic mass is 10.2. The van der Waals surface area contributed by atoms with Crippen LogP contribution in [0.5, 0.6) is 0 Å². The first kappa shape index (κ1) is 17.2. The van der Waals surface area contributed by atoms with Crippen molar-refractivity contribution < 1.29 is 14.2 Å². The number of aromatic nitrogens is 4. The lowest BCUT2D eigenvalue weighted by Gasteiger charge is -2.30. The molecule has 0 bridgehead atoms. The van der Waals surface area contributed by atoms with E-state index in [0.29, 0.717) is 69.8 Å². The third-order valence-electron chi connectivity index (χ3n) is 4.85. The third-order valence-corrected chi connectivity index (χ3v) is 4.85. The van der Waals surface area contributed by atoms with Crippen molar-refractivity contribution in [2.24, 2.45) is 0 Å². The summed E-state index contributed by atoms with van der Waals surface area (Å²) < 4.78 is 21.5. The molecule has 2 aliphatic rings. The second kappa shape index (κ2) is 7.16. The topological polar surface area (TPSA) is 79.5 Å². The van der Waals surface area contributed by atoms with E-state index < -0.39 is 11.9 Å². The normalized spacial score (nSPS) is 18.7. The molecule has 1 atom stereocenters. The number of hydrogen-bond acceptors (Lipinski definition) is 7. The molecule has 1 saturated heterocycles. The molecular weight excluding hydrogens is 339 g/mol. The fourth-order valence-electron chi connectivity index (χ4n) is 3.33. The van der Waals surface area contributed by atoms with Gasteiger partial charge in [0.05, 0.1) is 50.0 Å². The molecule has 8 nitrogen and oxygen atoms in total. The van der Waals surface area contributed by atoms with Crippen LogP contribution in [0.3, 0.4) is 0 Å². The van der Waals surface area contributed by atoms with Gasteiger partial charge in [0, 0.05) is 19.6 Å². The van der Waals surface area contributed by atoms with Gasteiger partial charge >= 0.3 is 0 Å². The van der Waals surface area contributed by atoms with Crippen molar-refractivity contribution in [2.75, 3.05) is 42.6 Å². The average Bonchev–Trinajstić information content (AvgIpc) is 3.11. The van der Waals surface area contributed by atoms with Crippen molar-refractivity contribution in [3.63, 3.8) is 0 Å². The van der Waals surface area contributed by atoms with Crippen molar-refractivity contribution in [2.45, 2.75) is 32.5 Å². The second-order valence-electron chi connectivity index (χ2n) is 6.57. The number of rotatable bonds is 4. The molecule has 2 aromatic rings. The summed E-state index contributed by atoms with van der Waals surface area (Å²) in [6, 6.07) is 1.92. The van der Waals surface area contributed by atoms with Gasteiger partial charge in [0.2, 0.25) is 5.95 Å². The van der Waals surface area contributed by atoms with Crippen LogP contribution < -0.4 is 9.80 Å². The molecule has 0 aliphatic carbocycles. The predicted octanol–water partition coefficient (Wildman–Crippen LogP) is 1.11. The summed E-state index contributed by atoms with van der Waals surface area (Å²) in [7, 11) is 0. The molecule has 140 valence electrons. The first-order chi connectivity index (χ1) is 12.7. The summed E-state index contributed by atoms with van der Waals surface area (Å²) in [5, 5.41) is 14.5. The number of morpholine rings is 1. The van der Waals surface area contributed by atoms with Gasteiger partial charge in [-0.15, -0.1) is 0 Å². The minimum Gasteiger partial charge on any atom is -0.387 e. The van der Waals surface area contributed by atoms with Gasteiger partial charge in [-0.3, -0.25) is 4.68 Å². The van der Waals surface area contributed by atoms with Gasteiger partial charge in [-0.05, 0) is 12.5 Å². The molecule has 0 amide bonds. The van der Waals surface area contributed by atoms with E-state index in [-0.39, 0.29) is 0 Å². The zero-order valence-electron chi connectivity index (χ0n) is 14.8. The van der Waals surface area contributed by atoms with E-state index in [1.165, 1.54) is 6.20 Å². The Bertz CT molecular complexity index is 777. The summed E-state index contributed by atoms with van der Waals surface area (Å²) >= 11 is 0. The molecule has 2 aliphatic heterocycles. The Hall–Kier alpha value is -2.26. The Balaban J connectivity index is 1.56. The number of hydrogen-bond donors (Lipinski definition) is 1. The van der Waals surface area contributed by atoms with Gasteiger partial charge < -0.3 is 19.6 Å². The summed E-state index contributed by atoms with van der Waals surface area (Å²) in [5.74, 6) is 0.434. The summed E-state index contributed by atoms with van der Waals surface area (Å²) in [6.45, 7) is 6.27. The van der Waals surface area contributed by atoms with Crippen LogP contribution in [0.15, 0.2) is 12.3 Å². The molecular formula is C17H23FN6O2. The summed E-state index contributed by atoms with van der Waals surface area (Å²) in [6.07, 6.45) is 1.33. The lowest BCUT2D eigenvalue weighted by molar-refractivity contribution is 0.122. The molecule has 4 heterocycles. The van der Waals surface area contributed by atoms with E-state index in [1.807, 2.05) is 27.5 Å². The maximum Gasteiger partial charge on any atom is 0.227 e. The van der Waals surface area contributed by atoms with Crippen LogP contribution in [0.4, 0.5) is 16.2 Å². The molecule has 0 radical (unpaired) electrons. The number of aliphatic hydroxyl groups is 1. The number of aliphatic hydroxyl groups excluding tert-OH is 1. The van der Waals surface area contributed by atoms with Crippen LogP contribution in [0, 0.1) is 5.82 Å². The monoisotopic (exact) mass is 362 g/mol. The molecule has 0 saturated carbocycles. The average molecular weight is 362 g/mol. The van der Waals surface area contributed by atoms with Gasteiger partial charge in [-0.1, -0.05) is 6.92 Å². The molecule has 2 aromatic heterocycles. The van der Waals surface area contributed by atoms with Gasteiger partial charge in [0.1, 0.15) is 0 Å². The molecule has 0 spiro atoms. The zero-order valence-corrected chi connectivity index (χ0v) is 14.8. The first-order valence-electron chi connectivity index (χ1n) is 9.00. The molecule has 1 fully saturated rings. The number of anilines is 2. The maximum atomic E-state index is 14.2. The number of halogens is 1. The number of ether oxygens (including phenoxy) is 1. The predicted molar refractivity (Wildman–Crippen MR) is 93.5 cm³/mol. The Morgan fingerprint density at radius 3 is 2.81 bits per heavy atom. The van der Waals surface area contributed by atoms with E-state index in [1.54, 1.807) is 0 Å². The van der Waals surface area contributed by atoms with E-state index in [9.17, 15) is 9.50 Å². The number of fused-ring (bicyclic) bond motifs is 1. The maximum absolute atomic E-state index is 14.2. The Kier molecular flexibility index (Phi) is 4.73. The highest BCUT2D eigenvalue weighted by molar-refractivity contribution is 5.46. The molecule has 1 N–H and O–H groups in total. The summed E-state index contributed by atoms with van der Waals surface area (Å²) in [4.78, 5) is 12.6. The standard InChI is InChI=1S/C17H23FN6O2/c1-2-15(25)14-9-12-11-23(3-4-24(12)21-14)17-19-10-13(18)16(20-17)22-5-7-26-8-6-22/h9-10,15,25H,2-8,11H2,1H3. The molecule has 9 heteroatoms. The number of nitrogens with zero attached hydrogens (tertiary/aromatic N) is 6. The van der Waals surface area contributed by atoms with Gasteiger partial charge in [0.25, 0.3) is 0 Å². The SMILES string of the molecule is CCC(O)c1cc2n(n1)CCN(c1ncc(F)c(N3CCOCC3)n1)C2. The minimum absolute atomic E-state index is 0.333. The van der Waals surface area contributed by atoms with Crippen molar-refractivity contribution in [1.29, 1.82) is 0 Å². The highest BCUT2D eigenvalue weighted by Crippen LogP contribution is 2.24. The molecule has 4 rings (SSSR count). The van der Waals surface area contributed by atoms with Crippen LogP contribution in [-0.4, -0.2) is 57.7 Å². The quantitative estimate of drug-likeness (QED) is 0.873. The van der Waals surface area contributed by atoms with E-state index in [4.69, 9.17) is 4.74 Å². The largest absolute Gasteiger partial charge is 0.387 e. The molecule has 26 heavy (non-hydrogen) atoms. The van der Waals surface area contributed by atoms with Crippen molar-refractivity contribution in [1.82, 2.24) is 19.7 Å². The van der Waals surface area contributed by atoms with Crippen LogP contribution >= 0.6 is 0 Å². The Morgan fingerprint density at radius 2 is 2.04 bits per heavy atom. The lowest BCUT2D eigenvalue weighted by Crippen LogP contribution is -2.38. The van der Waals surface area contributed by atoms with E-state index in [0.717, 1.165) is 5.69 Å². The highest BCUT2D eigenvalue weighted by atomic mass is 19.1. The first-order valence-corrected chi connectivity index (χ1v) is 9.00. The molecule has 0 aromatic carbocycles. The third kappa shape index (κ3) is 3.24. The van der Waals surface area contributed by atoms with Crippen LogP contribution in [0.1, 0.15) is 30.8 Å². The second-order valence-corrected chi connectivity index (χ2v) is 6.57. The van der Waals surface area contributed by atoms with E-state index in [2.05, 4.69) is 15.1 Å². The van der Waals surface area contributed by atoms with E-state index >= 15 is 0 Å². The van der Waals surface area contributed by atoms with Crippen LogP contribution in [0.2, 0.25) is 0 Å².